The van der Waals surface area contributed by atoms with Crippen LogP contribution in [0.25, 0.3) is 85.9 Å². The van der Waals surface area contributed by atoms with Crippen molar-refractivity contribution in [1.29, 1.82) is 0 Å². The van der Waals surface area contributed by atoms with Gasteiger partial charge in [-0.15, -0.1) is 11.3 Å². The minimum absolute atomic E-state index is 1.18. The highest BCUT2D eigenvalue weighted by atomic mass is 32.1. The Balaban J connectivity index is 1.38. The number of hydrogen-bond acceptors (Lipinski definition) is 1. The maximum absolute atomic E-state index is 2.52. The van der Waals surface area contributed by atoms with Crippen molar-refractivity contribution in [3.05, 3.63) is 146 Å². The predicted molar refractivity (Wildman–Crippen MR) is 186 cm³/mol. The summed E-state index contributed by atoms with van der Waals surface area (Å²) in [6, 6.07) is 53.3. The average Bonchev–Trinajstić information content (AvgIpc) is 3.72. The highest BCUT2D eigenvalue weighted by Gasteiger charge is 2.20. The fraction of sp³-hybridized carbons (Fsp3) is 0. The van der Waals surface area contributed by atoms with Crippen LogP contribution in [-0.2, 0) is 0 Å². The van der Waals surface area contributed by atoms with Gasteiger partial charge in [-0.3, -0.25) is 0 Å². The van der Waals surface area contributed by atoms with Crippen LogP contribution < -0.4 is 0 Å². The van der Waals surface area contributed by atoms with Crippen LogP contribution in [0.5, 0.6) is 0 Å². The van der Waals surface area contributed by atoms with Crippen LogP contribution in [0.2, 0.25) is 0 Å². The third-order valence-electron chi connectivity index (χ3n) is 9.09. The summed E-state index contributed by atoms with van der Waals surface area (Å²) in [4.78, 5) is 0. The SMILES string of the molecule is c1ccc(-n2c3ccccc3c3cc(-n4c5ccc6ccccc6c5c5ccc6c7ccccc7sc6c54)ccc32)cc1. The third kappa shape index (κ3) is 3.12. The standard InChI is InChI=1S/C40H24N2S/c1-2-11-26(12-3-1)41-34-16-8-6-14-29(34)33-24-27(19-23-35(33)41)42-36-22-18-25-10-4-5-13-28(25)38(36)32-21-20-31-30-15-7-9-17-37(30)43-40(31)39(32)42/h1-24H. The molecule has 3 heterocycles. The first-order valence-corrected chi connectivity index (χ1v) is 15.5. The fourth-order valence-corrected chi connectivity index (χ4v) is 8.51. The van der Waals surface area contributed by atoms with Crippen molar-refractivity contribution in [3.63, 3.8) is 0 Å². The monoisotopic (exact) mass is 564 g/mol. The zero-order chi connectivity index (χ0) is 28.1. The lowest BCUT2D eigenvalue weighted by Crippen LogP contribution is -1.95. The largest absolute Gasteiger partial charge is 0.309 e. The second-order valence-electron chi connectivity index (χ2n) is 11.3. The zero-order valence-corrected chi connectivity index (χ0v) is 24.0. The quantitative estimate of drug-likeness (QED) is 0.198. The maximum atomic E-state index is 2.52. The van der Waals surface area contributed by atoms with Gasteiger partial charge in [0.15, 0.2) is 0 Å². The summed E-state index contributed by atoms with van der Waals surface area (Å²) >= 11 is 1.90. The molecule has 200 valence electrons. The van der Waals surface area contributed by atoms with Gasteiger partial charge in [-0.05, 0) is 59.3 Å². The molecule has 0 aliphatic heterocycles. The van der Waals surface area contributed by atoms with Crippen molar-refractivity contribution in [2.75, 3.05) is 0 Å². The van der Waals surface area contributed by atoms with Crippen LogP contribution in [0, 0.1) is 0 Å². The van der Waals surface area contributed by atoms with Gasteiger partial charge in [0.25, 0.3) is 0 Å². The van der Waals surface area contributed by atoms with E-state index in [1.165, 1.54) is 85.9 Å². The van der Waals surface area contributed by atoms with E-state index in [1.807, 2.05) is 11.3 Å². The summed E-state index contributed by atoms with van der Waals surface area (Å²) in [7, 11) is 0. The minimum atomic E-state index is 1.18. The van der Waals surface area contributed by atoms with Crippen LogP contribution in [0.15, 0.2) is 146 Å². The summed E-state index contributed by atoms with van der Waals surface area (Å²) < 4.78 is 7.57. The zero-order valence-electron chi connectivity index (χ0n) is 23.2. The molecule has 2 nitrogen and oxygen atoms in total. The molecule has 43 heavy (non-hydrogen) atoms. The Labute approximate surface area is 251 Å². The molecule has 10 aromatic rings. The number of hydrogen-bond donors (Lipinski definition) is 0. The van der Waals surface area contributed by atoms with Crippen molar-refractivity contribution in [1.82, 2.24) is 9.13 Å². The van der Waals surface area contributed by atoms with Crippen LogP contribution in [0.4, 0.5) is 0 Å². The summed E-state index contributed by atoms with van der Waals surface area (Å²) in [5.41, 5.74) is 7.33. The lowest BCUT2D eigenvalue weighted by molar-refractivity contribution is 1.17. The molecule has 0 saturated heterocycles. The Kier molecular flexibility index (Phi) is 4.63. The minimum Gasteiger partial charge on any atom is -0.309 e. The fourth-order valence-electron chi connectivity index (χ4n) is 7.27. The van der Waals surface area contributed by atoms with E-state index >= 15 is 0 Å². The molecule has 0 aliphatic rings. The Morgan fingerprint density at radius 1 is 0.395 bits per heavy atom. The molecular formula is C40H24N2S. The van der Waals surface area contributed by atoms with Gasteiger partial charge >= 0.3 is 0 Å². The molecule has 0 saturated carbocycles. The second-order valence-corrected chi connectivity index (χ2v) is 12.4. The summed E-state index contributed by atoms with van der Waals surface area (Å²) in [5, 5.41) is 10.4. The predicted octanol–water partition coefficient (Wildman–Crippen LogP) is 11.4. The van der Waals surface area contributed by atoms with E-state index in [-0.39, 0.29) is 0 Å². The number of rotatable bonds is 2. The van der Waals surface area contributed by atoms with Gasteiger partial charge in [0.05, 0.1) is 26.8 Å². The molecule has 10 rings (SSSR count). The lowest BCUT2D eigenvalue weighted by Gasteiger charge is -2.11. The van der Waals surface area contributed by atoms with E-state index < -0.39 is 0 Å². The van der Waals surface area contributed by atoms with E-state index in [4.69, 9.17) is 0 Å². The van der Waals surface area contributed by atoms with E-state index in [1.54, 1.807) is 0 Å². The first-order valence-electron chi connectivity index (χ1n) is 14.7. The number of thiophene rings is 1. The molecule has 0 N–H and O–H groups in total. The van der Waals surface area contributed by atoms with Crippen molar-refractivity contribution in [2.24, 2.45) is 0 Å². The van der Waals surface area contributed by atoms with Crippen molar-refractivity contribution >= 4 is 85.9 Å². The molecule has 7 aromatic carbocycles. The molecule has 0 bridgehead atoms. The number of benzene rings is 7. The molecule has 0 unspecified atom stereocenters. The molecule has 0 aliphatic carbocycles. The Hall–Kier alpha value is -5.38. The third-order valence-corrected chi connectivity index (χ3v) is 10.3. The molecule has 0 radical (unpaired) electrons. The first kappa shape index (κ1) is 23.2. The number of nitrogens with zero attached hydrogens (tertiary/aromatic N) is 2. The van der Waals surface area contributed by atoms with Gasteiger partial charge in [-0.25, -0.2) is 0 Å². The molecule has 0 spiro atoms. The maximum Gasteiger partial charge on any atom is 0.0719 e. The second kappa shape index (κ2) is 8.57. The summed E-state index contributed by atoms with van der Waals surface area (Å²) in [6.45, 7) is 0. The molecular weight excluding hydrogens is 541 g/mol. The smallest absolute Gasteiger partial charge is 0.0719 e. The Morgan fingerprint density at radius 3 is 2.00 bits per heavy atom. The molecule has 3 heteroatoms. The highest BCUT2D eigenvalue weighted by molar-refractivity contribution is 7.26. The van der Waals surface area contributed by atoms with Crippen LogP contribution in [0.3, 0.4) is 0 Å². The normalized spacial score (nSPS) is 12.2. The summed E-state index contributed by atoms with van der Waals surface area (Å²) in [5.74, 6) is 0. The van der Waals surface area contributed by atoms with E-state index in [9.17, 15) is 0 Å². The van der Waals surface area contributed by atoms with E-state index in [0.29, 0.717) is 0 Å². The summed E-state index contributed by atoms with van der Waals surface area (Å²) in [6.07, 6.45) is 0. The van der Waals surface area contributed by atoms with E-state index in [2.05, 4.69) is 155 Å². The lowest BCUT2D eigenvalue weighted by atomic mass is 10.0. The highest BCUT2D eigenvalue weighted by Crippen LogP contribution is 2.45. The van der Waals surface area contributed by atoms with Gasteiger partial charge in [-0.2, -0.15) is 0 Å². The van der Waals surface area contributed by atoms with Crippen LogP contribution >= 0.6 is 11.3 Å². The van der Waals surface area contributed by atoms with Crippen molar-refractivity contribution < 1.29 is 0 Å². The van der Waals surface area contributed by atoms with Gasteiger partial charge in [0, 0.05) is 48.4 Å². The van der Waals surface area contributed by atoms with Gasteiger partial charge in [0.2, 0.25) is 0 Å². The van der Waals surface area contributed by atoms with E-state index in [0.717, 1.165) is 0 Å². The Morgan fingerprint density at radius 2 is 1.09 bits per heavy atom. The van der Waals surface area contributed by atoms with Gasteiger partial charge in [0.1, 0.15) is 0 Å². The Bertz CT molecular complexity index is 2720. The van der Waals surface area contributed by atoms with Crippen LogP contribution in [0.1, 0.15) is 0 Å². The van der Waals surface area contributed by atoms with Gasteiger partial charge in [-0.1, -0.05) is 97.1 Å². The van der Waals surface area contributed by atoms with Crippen LogP contribution in [-0.4, -0.2) is 9.13 Å². The number of para-hydroxylation sites is 2. The molecule has 3 aromatic heterocycles. The van der Waals surface area contributed by atoms with Crippen molar-refractivity contribution in [2.45, 2.75) is 0 Å². The number of fused-ring (bicyclic) bond motifs is 12. The number of aromatic nitrogens is 2. The molecule has 0 fully saturated rings. The molecule has 0 amide bonds. The molecule has 0 atom stereocenters. The van der Waals surface area contributed by atoms with Gasteiger partial charge < -0.3 is 9.13 Å². The topological polar surface area (TPSA) is 9.86 Å². The first-order chi connectivity index (χ1) is 21.3. The average molecular weight is 565 g/mol. The van der Waals surface area contributed by atoms with Crippen molar-refractivity contribution in [3.8, 4) is 11.4 Å².